The van der Waals surface area contributed by atoms with E-state index in [-0.39, 0.29) is 21.5 Å². The molecule has 0 unspecified atom stereocenters. The minimum Gasteiger partial charge on any atom is -0.466 e. The molecule has 0 bridgehead atoms. The summed E-state index contributed by atoms with van der Waals surface area (Å²) in [5.74, 6) is -0.263. The van der Waals surface area contributed by atoms with Crippen LogP contribution in [0.15, 0.2) is 58.3 Å². The number of anilines is 1. The molecule has 1 fully saturated rings. The third-order valence-corrected chi connectivity index (χ3v) is 10.1. The zero-order valence-corrected chi connectivity index (χ0v) is 22.4. The van der Waals surface area contributed by atoms with E-state index in [1.54, 1.807) is 6.92 Å². The van der Waals surface area contributed by atoms with Crippen LogP contribution in [0.4, 0.5) is 5.69 Å². The van der Waals surface area contributed by atoms with E-state index in [9.17, 15) is 21.6 Å². The summed E-state index contributed by atoms with van der Waals surface area (Å²) < 4.78 is 56.8. The molecule has 1 aliphatic rings. The van der Waals surface area contributed by atoms with Crippen molar-refractivity contribution in [3.8, 4) is 0 Å². The number of sulfonamides is 1. The fourth-order valence-corrected chi connectivity index (χ4v) is 6.35. The van der Waals surface area contributed by atoms with Crippen molar-refractivity contribution in [3.63, 3.8) is 0 Å². The van der Waals surface area contributed by atoms with E-state index in [1.807, 2.05) is 31.2 Å². The Bertz CT molecular complexity index is 1250. The number of hydrogen-bond acceptors (Lipinski definition) is 7. The number of aryl methyl sites for hydroxylation is 1. The molecule has 0 saturated carbocycles. The second-order valence-electron chi connectivity index (χ2n) is 9.22. The molecule has 0 atom stereocenters. The third-order valence-electron chi connectivity index (χ3n) is 6.57. The molecule has 2 aromatic rings. The average molecular weight is 523 g/mol. The van der Waals surface area contributed by atoms with Gasteiger partial charge in [0.05, 0.1) is 27.6 Å². The predicted octanol–water partition coefficient (Wildman–Crippen LogP) is 3.12. The molecule has 0 radical (unpaired) electrons. The molecule has 8 nitrogen and oxygen atoms in total. The van der Waals surface area contributed by atoms with Crippen LogP contribution in [0.1, 0.15) is 32.3 Å². The maximum atomic E-state index is 13.0. The number of esters is 1. The molecule has 1 aliphatic heterocycles. The lowest BCUT2D eigenvalue weighted by atomic mass is 9.80. The van der Waals surface area contributed by atoms with Gasteiger partial charge in [0.1, 0.15) is 0 Å². The lowest BCUT2D eigenvalue weighted by Gasteiger charge is -2.39. The first kappa shape index (κ1) is 27.2. The van der Waals surface area contributed by atoms with E-state index in [2.05, 4.69) is 4.90 Å². The summed E-state index contributed by atoms with van der Waals surface area (Å²) in [6.07, 6.45) is 1.66. The average Bonchev–Trinajstić information content (AvgIpc) is 2.83. The number of piperidine rings is 1. The summed E-state index contributed by atoms with van der Waals surface area (Å²) in [7, 11) is -4.38. The Kier molecular flexibility index (Phi) is 8.28. The third kappa shape index (κ3) is 6.05. The van der Waals surface area contributed by atoms with Crippen LogP contribution in [0.2, 0.25) is 0 Å². The van der Waals surface area contributed by atoms with Crippen LogP contribution in [0.3, 0.4) is 0 Å². The quantitative estimate of drug-likeness (QED) is 0.467. The second kappa shape index (κ2) is 10.7. The molecule has 192 valence electrons. The van der Waals surface area contributed by atoms with Crippen molar-refractivity contribution < 1.29 is 26.4 Å². The zero-order valence-electron chi connectivity index (χ0n) is 20.7. The van der Waals surface area contributed by atoms with E-state index in [1.165, 1.54) is 38.4 Å². The largest absolute Gasteiger partial charge is 0.466 e. The first-order valence-corrected chi connectivity index (χ1v) is 14.8. The molecule has 1 saturated heterocycles. The fourth-order valence-electron chi connectivity index (χ4n) is 4.17. The highest BCUT2D eigenvalue weighted by molar-refractivity contribution is 7.91. The molecule has 10 heteroatoms. The van der Waals surface area contributed by atoms with E-state index < -0.39 is 25.3 Å². The van der Waals surface area contributed by atoms with E-state index >= 15 is 0 Å². The summed E-state index contributed by atoms with van der Waals surface area (Å²) in [6, 6.07) is 13.1. The molecular formula is C25H34N2O6S2. The van der Waals surface area contributed by atoms with Gasteiger partial charge in [0.15, 0.2) is 9.84 Å². The van der Waals surface area contributed by atoms with Gasteiger partial charge in [0, 0.05) is 32.9 Å². The number of para-hydroxylation sites is 1. The number of ether oxygens (including phenoxy) is 1. The van der Waals surface area contributed by atoms with Gasteiger partial charge in [-0.25, -0.2) is 21.1 Å². The highest BCUT2D eigenvalue weighted by Gasteiger charge is 2.38. The summed E-state index contributed by atoms with van der Waals surface area (Å²) >= 11 is 0. The van der Waals surface area contributed by atoms with E-state index in [0.717, 1.165) is 15.6 Å². The minimum absolute atomic E-state index is 0.0479. The van der Waals surface area contributed by atoms with Crippen molar-refractivity contribution in [1.29, 1.82) is 0 Å². The molecule has 3 rings (SSSR count). The number of carbonyl (C=O) groups excluding carboxylic acids is 1. The minimum atomic E-state index is -3.63. The van der Waals surface area contributed by atoms with Crippen LogP contribution < -0.4 is 4.90 Å². The van der Waals surface area contributed by atoms with Crippen LogP contribution in [-0.2, 0) is 35.8 Å². The lowest BCUT2D eigenvalue weighted by Crippen LogP contribution is -2.43. The highest BCUT2D eigenvalue weighted by atomic mass is 32.2. The summed E-state index contributed by atoms with van der Waals surface area (Å²) in [5, 5.41) is 0. The van der Waals surface area contributed by atoms with Crippen LogP contribution in [-0.4, -0.2) is 66.7 Å². The SMILES string of the molecule is CCOC(=O)C1(C)CCN(c2ccccc2CCS(=O)(=O)c2ccc(S(=O)(=O)N(C)C)cc2)CC1. The van der Waals surface area contributed by atoms with Gasteiger partial charge >= 0.3 is 5.97 Å². The standard InChI is InChI=1S/C25H34N2O6S2/c1-5-33-24(28)25(2)15-17-27(18-16-25)23-9-7-6-8-20(23)14-19-34(29,30)21-10-12-22(13-11-21)35(31,32)26(3)4/h6-13H,5,14-19H2,1-4H3. The van der Waals surface area contributed by atoms with Crippen LogP contribution >= 0.6 is 0 Å². The van der Waals surface area contributed by atoms with Crippen LogP contribution in [0.25, 0.3) is 0 Å². The van der Waals surface area contributed by atoms with Gasteiger partial charge in [-0.05, 0) is 69.0 Å². The summed E-state index contributed by atoms with van der Waals surface area (Å²) in [4.78, 5) is 14.7. The smallest absolute Gasteiger partial charge is 0.311 e. The molecule has 1 heterocycles. The van der Waals surface area contributed by atoms with Crippen LogP contribution in [0.5, 0.6) is 0 Å². The Balaban J connectivity index is 1.71. The number of nitrogens with zero attached hydrogens (tertiary/aromatic N) is 2. The van der Waals surface area contributed by atoms with Crippen molar-refractivity contribution >= 4 is 31.5 Å². The van der Waals surface area contributed by atoms with Crippen LogP contribution in [0, 0.1) is 5.41 Å². The number of carbonyl (C=O) groups is 1. The van der Waals surface area contributed by atoms with Crippen molar-refractivity contribution in [3.05, 3.63) is 54.1 Å². The maximum absolute atomic E-state index is 13.0. The Labute approximate surface area is 208 Å². The Hall–Kier alpha value is -2.43. The number of hydrogen-bond donors (Lipinski definition) is 0. The first-order chi connectivity index (χ1) is 16.4. The Morgan fingerprint density at radius 3 is 2.11 bits per heavy atom. The van der Waals surface area contributed by atoms with Crippen molar-refractivity contribution in [2.24, 2.45) is 5.41 Å². The highest BCUT2D eigenvalue weighted by Crippen LogP contribution is 2.35. The monoisotopic (exact) mass is 522 g/mol. The van der Waals surface area contributed by atoms with E-state index in [4.69, 9.17) is 4.74 Å². The zero-order chi connectivity index (χ0) is 25.9. The topological polar surface area (TPSA) is 101 Å². The molecular weight excluding hydrogens is 488 g/mol. The summed E-state index contributed by atoms with van der Waals surface area (Å²) in [6.45, 7) is 5.47. The lowest BCUT2D eigenvalue weighted by molar-refractivity contribution is -0.155. The molecule has 0 aromatic heterocycles. The van der Waals surface area contributed by atoms with Crippen molar-refractivity contribution in [2.75, 3.05) is 44.4 Å². The number of benzene rings is 2. The molecule has 35 heavy (non-hydrogen) atoms. The van der Waals surface area contributed by atoms with Gasteiger partial charge in [0.2, 0.25) is 10.0 Å². The Morgan fingerprint density at radius 2 is 1.54 bits per heavy atom. The number of sulfone groups is 1. The Morgan fingerprint density at radius 1 is 0.971 bits per heavy atom. The molecule has 0 amide bonds. The van der Waals surface area contributed by atoms with E-state index in [0.29, 0.717) is 39.0 Å². The molecule has 0 spiro atoms. The predicted molar refractivity (Wildman–Crippen MR) is 136 cm³/mol. The molecule has 2 aromatic carbocycles. The van der Waals surface area contributed by atoms with Crippen molar-refractivity contribution in [2.45, 2.75) is 42.9 Å². The number of rotatable bonds is 9. The molecule has 0 aliphatic carbocycles. The van der Waals surface area contributed by atoms with Gasteiger partial charge in [-0.15, -0.1) is 0 Å². The first-order valence-electron chi connectivity index (χ1n) is 11.7. The maximum Gasteiger partial charge on any atom is 0.311 e. The van der Waals surface area contributed by atoms with Gasteiger partial charge in [-0.1, -0.05) is 18.2 Å². The van der Waals surface area contributed by atoms with Gasteiger partial charge in [-0.2, -0.15) is 0 Å². The fraction of sp³-hybridized carbons (Fsp3) is 0.480. The normalized spacial score (nSPS) is 16.3. The molecule has 0 N–H and O–H groups in total. The second-order valence-corrected chi connectivity index (χ2v) is 13.5. The summed E-state index contributed by atoms with van der Waals surface area (Å²) in [5.41, 5.74) is 1.39. The van der Waals surface area contributed by atoms with Gasteiger partial charge in [0.25, 0.3) is 0 Å². The van der Waals surface area contributed by atoms with Gasteiger partial charge in [-0.3, -0.25) is 4.79 Å². The van der Waals surface area contributed by atoms with Gasteiger partial charge < -0.3 is 9.64 Å². The van der Waals surface area contributed by atoms with Crippen molar-refractivity contribution in [1.82, 2.24) is 4.31 Å².